The van der Waals surface area contributed by atoms with E-state index >= 15 is 0 Å². The minimum Gasteiger partial charge on any atom is -0.484 e. The molecule has 2 atom stereocenters. The fourth-order valence-electron chi connectivity index (χ4n) is 2.21. The fraction of sp³-hybridized carbons (Fsp3) is 0.286. The van der Waals surface area contributed by atoms with Crippen molar-refractivity contribution in [2.75, 3.05) is 0 Å². The third-order valence-corrected chi connectivity index (χ3v) is 5.41. The van der Waals surface area contributed by atoms with Crippen LogP contribution in [0.1, 0.15) is 33.9 Å². The molecule has 0 saturated carbocycles. The van der Waals surface area contributed by atoms with Gasteiger partial charge in [-0.3, -0.25) is 0 Å². The van der Waals surface area contributed by atoms with Gasteiger partial charge in [-0.05, 0) is 35.0 Å². The quantitative estimate of drug-likeness (QED) is 0.843. The van der Waals surface area contributed by atoms with Crippen molar-refractivity contribution in [2.45, 2.75) is 25.6 Å². The van der Waals surface area contributed by atoms with Gasteiger partial charge < -0.3 is 9.84 Å². The Morgan fingerprint density at radius 2 is 2.17 bits per heavy atom. The predicted octanol–water partition coefficient (Wildman–Crippen LogP) is 4.38. The van der Waals surface area contributed by atoms with Crippen molar-refractivity contribution in [3.63, 3.8) is 0 Å². The number of aliphatic hydroxyl groups is 1. The van der Waals surface area contributed by atoms with Crippen LogP contribution in [0.4, 0.5) is 0 Å². The summed E-state index contributed by atoms with van der Waals surface area (Å²) < 4.78 is 7.10. The third kappa shape index (κ3) is 2.09. The van der Waals surface area contributed by atoms with E-state index in [0.717, 1.165) is 20.7 Å². The molecule has 1 aromatic carbocycles. The molecular weight excluding hydrogens is 312 g/mol. The number of hydrogen-bond acceptors (Lipinski definition) is 3. The molecule has 0 spiro atoms. The number of rotatable bonds is 1. The van der Waals surface area contributed by atoms with E-state index in [1.54, 1.807) is 11.3 Å². The average Bonchev–Trinajstić information content (AvgIpc) is 2.70. The van der Waals surface area contributed by atoms with E-state index in [1.165, 1.54) is 4.88 Å². The number of benzene rings is 1. The first-order chi connectivity index (χ1) is 8.65. The maximum absolute atomic E-state index is 10.2. The summed E-state index contributed by atoms with van der Waals surface area (Å²) in [6.45, 7) is 2.07. The van der Waals surface area contributed by atoms with Gasteiger partial charge in [0.05, 0.1) is 6.10 Å². The van der Waals surface area contributed by atoms with E-state index in [0.29, 0.717) is 6.42 Å². The van der Waals surface area contributed by atoms with Gasteiger partial charge >= 0.3 is 0 Å². The molecule has 3 rings (SSSR count). The van der Waals surface area contributed by atoms with Crippen LogP contribution in [-0.2, 0) is 0 Å². The lowest BCUT2D eigenvalue weighted by atomic mass is 9.98. The van der Waals surface area contributed by atoms with Crippen molar-refractivity contribution in [2.24, 2.45) is 0 Å². The Morgan fingerprint density at radius 1 is 1.39 bits per heavy atom. The van der Waals surface area contributed by atoms with Gasteiger partial charge in [0.2, 0.25) is 0 Å². The van der Waals surface area contributed by atoms with E-state index in [4.69, 9.17) is 4.74 Å². The van der Waals surface area contributed by atoms with Crippen LogP contribution in [0.15, 0.2) is 34.8 Å². The lowest BCUT2D eigenvalue weighted by Gasteiger charge is -2.28. The molecule has 0 radical (unpaired) electrons. The van der Waals surface area contributed by atoms with Gasteiger partial charge in [-0.25, -0.2) is 0 Å². The summed E-state index contributed by atoms with van der Waals surface area (Å²) in [5.41, 5.74) is 0.890. The summed E-state index contributed by atoms with van der Waals surface area (Å²) in [4.78, 5) is 2.40. The van der Waals surface area contributed by atoms with Gasteiger partial charge in [0.25, 0.3) is 0 Å². The van der Waals surface area contributed by atoms with E-state index in [1.807, 2.05) is 24.3 Å². The fourth-order valence-corrected chi connectivity index (χ4v) is 3.81. The van der Waals surface area contributed by atoms with Crippen LogP contribution in [0.25, 0.3) is 0 Å². The van der Waals surface area contributed by atoms with Gasteiger partial charge in [-0.15, -0.1) is 11.3 Å². The number of thiophene rings is 1. The highest BCUT2D eigenvalue weighted by Crippen LogP contribution is 2.43. The summed E-state index contributed by atoms with van der Waals surface area (Å²) in [5.74, 6) is 0.795. The Morgan fingerprint density at radius 3 is 2.89 bits per heavy atom. The Bertz CT molecular complexity index is 559. The molecule has 0 amide bonds. The van der Waals surface area contributed by atoms with Gasteiger partial charge in [0, 0.05) is 26.2 Å². The molecule has 2 nitrogen and oxygen atoms in total. The molecule has 1 aliphatic heterocycles. The summed E-state index contributed by atoms with van der Waals surface area (Å²) in [7, 11) is 0. The van der Waals surface area contributed by atoms with Crippen molar-refractivity contribution < 1.29 is 9.84 Å². The van der Waals surface area contributed by atoms with E-state index in [-0.39, 0.29) is 6.10 Å². The molecule has 0 bridgehead atoms. The minimum absolute atomic E-state index is 0.0510. The zero-order chi connectivity index (χ0) is 12.7. The first-order valence-electron chi connectivity index (χ1n) is 5.84. The van der Waals surface area contributed by atoms with Crippen LogP contribution in [0.3, 0.4) is 0 Å². The molecule has 0 fully saturated rings. The maximum atomic E-state index is 10.2. The van der Waals surface area contributed by atoms with Gasteiger partial charge in [0.1, 0.15) is 11.9 Å². The summed E-state index contributed by atoms with van der Waals surface area (Å²) in [5, 5.41) is 10.2. The Labute approximate surface area is 118 Å². The molecule has 1 unspecified atom stereocenters. The second kappa shape index (κ2) is 4.68. The molecule has 1 aromatic heterocycles. The van der Waals surface area contributed by atoms with Crippen LogP contribution in [0.2, 0.25) is 0 Å². The first-order valence-corrected chi connectivity index (χ1v) is 7.45. The van der Waals surface area contributed by atoms with Crippen LogP contribution in [-0.4, -0.2) is 5.11 Å². The highest BCUT2D eigenvalue weighted by molar-refractivity contribution is 9.10. The molecule has 2 heterocycles. The first kappa shape index (κ1) is 12.2. The lowest BCUT2D eigenvalue weighted by molar-refractivity contribution is 0.0674. The number of aliphatic hydroxyl groups excluding tert-OH is 1. The number of fused-ring (bicyclic) bond motifs is 1. The van der Waals surface area contributed by atoms with Crippen LogP contribution >= 0.6 is 27.3 Å². The molecular formula is C14H13BrO2S. The number of para-hydroxylation sites is 1. The highest BCUT2D eigenvalue weighted by atomic mass is 79.9. The molecule has 94 valence electrons. The van der Waals surface area contributed by atoms with Crippen LogP contribution in [0, 0.1) is 6.92 Å². The van der Waals surface area contributed by atoms with Crippen molar-refractivity contribution in [3.05, 3.63) is 50.1 Å². The lowest BCUT2D eigenvalue weighted by Crippen LogP contribution is -2.18. The third-order valence-electron chi connectivity index (χ3n) is 3.18. The second-order valence-electron chi connectivity index (χ2n) is 4.45. The maximum Gasteiger partial charge on any atom is 0.136 e. The predicted molar refractivity (Wildman–Crippen MR) is 76.1 cm³/mol. The van der Waals surface area contributed by atoms with Gasteiger partial charge in [-0.1, -0.05) is 18.2 Å². The largest absolute Gasteiger partial charge is 0.484 e. The van der Waals surface area contributed by atoms with Gasteiger partial charge in [-0.2, -0.15) is 0 Å². The number of hydrogen-bond donors (Lipinski definition) is 1. The van der Waals surface area contributed by atoms with Crippen molar-refractivity contribution in [1.82, 2.24) is 0 Å². The SMILES string of the molecule is Cc1sc(C2C[C@@H](O)c3ccccc3O2)cc1Br. The molecule has 1 N–H and O–H groups in total. The van der Waals surface area contributed by atoms with E-state index in [2.05, 4.69) is 28.9 Å². The summed E-state index contributed by atoms with van der Waals surface area (Å²) in [6.07, 6.45) is 0.120. The monoisotopic (exact) mass is 324 g/mol. The topological polar surface area (TPSA) is 29.5 Å². The molecule has 1 aliphatic rings. The number of halogens is 1. The molecule has 0 saturated heterocycles. The molecule has 2 aromatic rings. The molecule has 0 aliphatic carbocycles. The Hall–Kier alpha value is -0.840. The standard InChI is InChI=1S/C14H13BrO2S/c1-8-10(15)6-14(18-8)13-7-11(16)9-4-2-3-5-12(9)17-13/h2-6,11,13,16H,7H2,1H3/t11-,13?/m1/s1. The van der Waals surface area contributed by atoms with Crippen molar-refractivity contribution >= 4 is 27.3 Å². The van der Waals surface area contributed by atoms with Crippen LogP contribution in [0.5, 0.6) is 5.75 Å². The zero-order valence-corrected chi connectivity index (χ0v) is 12.3. The highest BCUT2D eigenvalue weighted by Gasteiger charge is 2.28. The van der Waals surface area contributed by atoms with Crippen LogP contribution < -0.4 is 4.74 Å². The number of aryl methyl sites for hydroxylation is 1. The second-order valence-corrected chi connectivity index (χ2v) is 6.59. The Balaban J connectivity index is 1.94. The molecule has 4 heteroatoms. The normalized spacial score (nSPS) is 22.4. The Kier molecular flexibility index (Phi) is 3.18. The van der Waals surface area contributed by atoms with E-state index < -0.39 is 6.10 Å². The van der Waals surface area contributed by atoms with Crippen molar-refractivity contribution in [3.8, 4) is 5.75 Å². The summed E-state index contributed by atoms with van der Waals surface area (Å²) >= 11 is 5.24. The number of ether oxygens (including phenoxy) is 1. The minimum atomic E-state index is -0.443. The van der Waals surface area contributed by atoms with E-state index in [9.17, 15) is 5.11 Å². The zero-order valence-electron chi connectivity index (χ0n) is 9.89. The van der Waals surface area contributed by atoms with Gasteiger partial charge in [0.15, 0.2) is 0 Å². The van der Waals surface area contributed by atoms with Crippen molar-refractivity contribution in [1.29, 1.82) is 0 Å². The summed E-state index contributed by atoms with van der Waals surface area (Å²) in [6, 6.07) is 9.79. The molecule has 18 heavy (non-hydrogen) atoms. The average molecular weight is 325 g/mol. The smallest absolute Gasteiger partial charge is 0.136 e.